The summed E-state index contributed by atoms with van der Waals surface area (Å²) in [6.45, 7) is 7.31. The Morgan fingerprint density at radius 3 is 2.24 bits per heavy atom. The number of esters is 1. The summed E-state index contributed by atoms with van der Waals surface area (Å²) in [6, 6.07) is 17.6. The molecule has 222 valence electrons. The molecule has 0 saturated heterocycles. The number of hydrogen-bond acceptors (Lipinski definition) is 6. The van der Waals surface area contributed by atoms with E-state index in [9.17, 15) is 19.5 Å². The van der Waals surface area contributed by atoms with Gasteiger partial charge in [0.25, 0.3) is 0 Å². The fraction of sp³-hybridized carbons (Fsp3) is 0.424. The van der Waals surface area contributed by atoms with Crippen molar-refractivity contribution in [1.29, 1.82) is 0 Å². The summed E-state index contributed by atoms with van der Waals surface area (Å²) >= 11 is 0. The summed E-state index contributed by atoms with van der Waals surface area (Å²) in [5, 5.41) is 15.6. The predicted molar refractivity (Wildman–Crippen MR) is 160 cm³/mol. The van der Waals surface area contributed by atoms with Crippen molar-refractivity contribution >= 4 is 17.8 Å². The molecule has 41 heavy (non-hydrogen) atoms. The zero-order chi connectivity index (χ0) is 29.9. The van der Waals surface area contributed by atoms with Crippen LogP contribution >= 0.6 is 0 Å². The van der Waals surface area contributed by atoms with E-state index >= 15 is 0 Å². The molecule has 2 rings (SSSR count). The van der Waals surface area contributed by atoms with Crippen LogP contribution in [0.3, 0.4) is 0 Å². The van der Waals surface area contributed by atoms with Crippen molar-refractivity contribution in [1.82, 2.24) is 10.6 Å². The van der Waals surface area contributed by atoms with Crippen LogP contribution in [0, 0.1) is 5.92 Å². The number of unbranched alkanes of at least 4 members (excludes halogenated alkanes) is 2. The first-order valence-electron chi connectivity index (χ1n) is 14.1. The second-order valence-corrected chi connectivity index (χ2v) is 9.99. The van der Waals surface area contributed by atoms with E-state index in [-0.39, 0.29) is 50.3 Å². The maximum atomic E-state index is 13.5. The van der Waals surface area contributed by atoms with Crippen molar-refractivity contribution in [2.45, 2.75) is 63.1 Å². The average Bonchev–Trinajstić information content (AvgIpc) is 2.98. The number of amides is 2. The molecule has 4 atom stereocenters. The molecule has 2 aromatic carbocycles. The number of ether oxygens (including phenoxy) is 2. The third-order valence-electron chi connectivity index (χ3n) is 6.63. The lowest BCUT2D eigenvalue weighted by molar-refractivity contribution is -0.153. The number of methoxy groups -OCH3 is 1. The quantitative estimate of drug-likeness (QED) is 0.124. The van der Waals surface area contributed by atoms with Gasteiger partial charge in [0.05, 0.1) is 31.2 Å². The molecule has 0 fully saturated rings. The zero-order valence-corrected chi connectivity index (χ0v) is 24.0. The maximum absolute atomic E-state index is 13.5. The molecule has 3 N–H and O–H groups in total. The number of benzene rings is 2. The van der Waals surface area contributed by atoms with Gasteiger partial charge < -0.3 is 25.2 Å². The number of aliphatic hydroxyl groups excluding tert-OH is 1. The standard InChI is InChI=1S/C33H44N2O6/c1-4-6-7-14-20-31(38)41-32(26-18-12-9-13-19-26)29(24-40-3)35-33(39)27(15-5-2)22-30(37)34-28(23-36)21-25-16-10-8-11-17-25/h4-5,8-13,16-19,27-29,32,36H,1-2,6-7,14-15,20-24H2,3H3,(H,34,37)(H,35,39)/t27-,28+,29+,32+/m1/s1. The Balaban J connectivity index is 2.12. The Bertz CT molecular complexity index is 1080. The Morgan fingerprint density at radius 2 is 1.63 bits per heavy atom. The molecule has 8 nitrogen and oxygen atoms in total. The number of nitrogens with one attached hydrogen (secondary N) is 2. The van der Waals surface area contributed by atoms with E-state index in [0.717, 1.165) is 24.0 Å². The van der Waals surface area contributed by atoms with Gasteiger partial charge in [0, 0.05) is 20.0 Å². The van der Waals surface area contributed by atoms with Crippen LogP contribution in [0.5, 0.6) is 0 Å². The number of carbonyl (C=O) groups excluding carboxylic acids is 3. The van der Waals surface area contributed by atoms with E-state index in [1.165, 1.54) is 7.11 Å². The lowest BCUT2D eigenvalue weighted by atomic mass is 9.97. The lowest BCUT2D eigenvalue weighted by Gasteiger charge is -2.29. The van der Waals surface area contributed by atoms with Gasteiger partial charge in [-0.05, 0) is 43.2 Å². The van der Waals surface area contributed by atoms with Gasteiger partial charge in [-0.1, -0.05) is 72.8 Å². The van der Waals surface area contributed by atoms with Crippen LogP contribution < -0.4 is 10.6 Å². The smallest absolute Gasteiger partial charge is 0.306 e. The molecule has 0 bridgehead atoms. The molecule has 0 aliphatic carbocycles. The van der Waals surface area contributed by atoms with E-state index in [2.05, 4.69) is 23.8 Å². The van der Waals surface area contributed by atoms with Gasteiger partial charge in [0.15, 0.2) is 0 Å². The van der Waals surface area contributed by atoms with E-state index in [0.29, 0.717) is 12.8 Å². The molecule has 2 aromatic rings. The first kappa shape index (κ1) is 33.5. The number of allylic oxidation sites excluding steroid dienone is 2. The minimum Gasteiger partial charge on any atom is -0.455 e. The zero-order valence-electron chi connectivity index (χ0n) is 24.0. The Hall–Kier alpha value is -3.75. The highest BCUT2D eigenvalue weighted by molar-refractivity contribution is 5.86. The molecule has 2 amide bonds. The van der Waals surface area contributed by atoms with Crippen molar-refractivity contribution in [2.75, 3.05) is 20.3 Å². The van der Waals surface area contributed by atoms with E-state index < -0.39 is 24.1 Å². The van der Waals surface area contributed by atoms with Gasteiger partial charge in [0.1, 0.15) is 6.10 Å². The summed E-state index contributed by atoms with van der Waals surface area (Å²) in [6.07, 6.45) is 5.83. The molecule has 0 unspecified atom stereocenters. The van der Waals surface area contributed by atoms with Gasteiger partial charge in [0.2, 0.25) is 11.8 Å². The van der Waals surface area contributed by atoms with E-state index in [1.807, 2.05) is 66.7 Å². The third-order valence-corrected chi connectivity index (χ3v) is 6.63. The first-order chi connectivity index (χ1) is 19.9. The van der Waals surface area contributed by atoms with Crippen molar-refractivity contribution in [3.05, 3.63) is 97.1 Å². The molecule has 0 radical (unpaired) electrons. The highest BCUT2D eigenvalue weighted by Crippen LogP contribution is 2.24. The Morgan fingerprint density at radius 1 is 0.951 bits per heavy atom. The van der Waals surface area contributed by atoms with E-state index in [4.69, 9.17) is 9.47 Å². The van der Waals surface area contributed by atoms with Crippen LogP contribution in [0.15, 0.2) is 86.0 Å². The SMILES string of the molecule is C=CCCCCC(=O)O[C@@H](c1ccccc1)[C@H](COC)NC(=O)[C@H](CC=C)CC(=O)N[C@H](CO)Cc1ccccc1. The summed E-state index contributed by atoms with van der Waals surface area (Å²) in [4.78, 5) is 39.1. The number of carbonyl (C=O) groups is 3. The van der Waals surface area contributed by atoms with E-state index in [1.54, 1.807) is 6.08 Å². The van der Waals surface area contributed by atoms with Gasteiger partial charge in [-0.15, -0.1) is 13.2 Å². The van der Waals surface area contributed by atoms with Crippen LogP contribution in [0.1, 0.15) is 55.8 Å². The van der Waals surface area contributed by atoms with Crippen LogP contribution in [-0.2, 0) is 30.3 Å². The monoisotopic (exact) mass is 564 g/mol. The van der Waals surface area contributed by atoms with Gasteiger partial charge in [-0.2, -0.15) is 0 Å². The topological polar surface area (TPSA) is 114 Å². The Kier molecular flexibility index (Phi) is 15.8. The summed E-state index contributed by atoms with van der Waals surface area (Å²) < 4.78 is 11.3. The molecular formula is C33H44N2O6. The minimum atomic E-state index is -0.783. The predicted octanol–water partition coefficient (Wildman–Crippen LogP) is 4.45. The van der Waals surface area contributed by atoms with Crippen LogP contribution in [0.4, 0.5) is 0 Å². The molecule has 0 heterocycles. The second kappa shape index (κ2) is 19.3. The average molecular weight is 565 g/mol. The largest absolute Gasteiger partial charge is 0.455 e. The first-order valence-corrected chi connectivity index (χ1v) is 14.1. The summed E-state index contributed by atoms with van der Waals surface area (Å²) in [7, 11) is 1.51. The Labute approximate surface area is 243 Å². The molecule has 0 saturated carbocycles. The van der Waals surface area contributed by atoms with Crippen molar-refractivity contribution in [2.24, 2.45) is 5.92 Å². The van der Waals surface area contributed by atoms with Gasteiger partial charge in [-0.25, -0.2) is 0 Å². The maximum Gasteiger partial charge on any atom is 0.306 e. The minimum absolute atomic E-state index is 0.0890. The van der Waals surface area contributed by atoms with Crippen LogP contribution in [-0.4, -0.2) is 55.3 Å². The number of rotatable bonds is 20. The molecule has 8 heteroatoms. The summed E-state index contributed by atoms with van der Waals surface area (Å²) in [5.74, 6) is -1.81. The highest BCUT2D eigenvalue weighted by atomic mass is 16.5. The second-order valence-electron chi connectivity index (χ2n) is 9.99. The summed E-state index contributed by atoms with van der Waals surface area (Å²) in [5.41, 5.74) is 1.70. The molecule has 0 spiro atoms. The van der Waals surface area contributed by atoms with Gasteiger partial charge in [-0.3, -0.25) is 14.4 Å². The molecule has 0 aromatic heterocycles. The fourth-order valence-electron chi connectivity index (χ4n) is 4.52. The molecule has 0 aliphatic rings. The van der Waals surface area contributed by atoms with Crippen molar-refractivity contribution in [3.8, 4) is 0 Å². The molecular weight excluding hydrogens is 520 g/mol. The highest BCUT2D eigenvalue weighted by Gasteiger charge is 2.31. The van der Waals surface area contributed by atoms with Crippen molar-refractivity contribution in [3.63, 3.8) is 0 Å². The number of aliphatic hydroxyl groups is 1. The molecule has 0 aliphatic heterocycles. The normalized spacial score (nSPS) is 13.7. The van der Waals surface area contributed by atoms with Gasteiger partial charge >= 0.3 is 5.97 Å². The fourth-order valence-corrected chi connectivity index (χ4v) is 4.52. The van der Waals surface area contributed by atoms with Crippen LogP contribution in [0.25, 0.3) is 0 Å². The number of hydrogen-bond donors (Lipinski definition) is 3. The lowest BCUT2D eigenvalue weighted by Crippen LogP contribution is -2.47. The van der Waals surface area contributed by atoms with Crippen LogP contribution in [0.2, 0.25) is 0 Å². The third kappa shape index (κ3) is 12.5. The van der Waals surface area contributed by atoms with Crippen molar-refractivity contribution < 1.29 is 29.0 Å².